The van der Waals surface area contributed by atoms with Crippen molar-refractivity contribution in [1.82, 2.24) is 9.88 Å². The normalized spacial score (nSPS) is 20.0. The first-order chi connectivity index (χ1) is 16.8. The van der Waals surface area contributed by atoms with Gasteiger partial charge >= 0.3 is 0 Å². The molecule has 35 heavy (non-hydrogen) atoms. The Kier molecular flexibility index (Phi) is 6.14. The molecule has 1 aliphatic heterocycles. The largest absolute Gasteiger partial charge is 0.396 e. The summed E-state index contributed by atoms with van der Waals surface area (Å²) in [5, 5.41) is 19.5. The molecule has 1 fully saturated rings. The van der Waals surface area contributed by atoms with Gasteiger partial charge in [-0.3, -0.25) is 14.7 Å². The topological polar surface area (TPSA) is 86.5 Å². The average molecular weight is 557 g/mol. The minimum atomic E-state index is -1.61. The van der Waals surface area contributed by atoms with Crippen LogP contribution in [0.15, 0.2) is 59.2 Å². The molecule has 2 heterocycles. The summed E-state index contributed by atoms with van der Waals surface area (Å²) in [7, 11) is 0. The molecule has 1 atom stereocenters. The second-order valence-corrected chi connectivity index (χ2v) is 10.3. The number of aliphatic hydroxyl groups is 1. The summed E-state index contributed by atoms with van der Waals surface area (Å²) in [6.07, 6.45) is 2.98. The summed E-state index contributed by atoms with van der Waals surface area (Å²) >= 11 is 9.45. The Hall–Kier alpha value is -2.83. The lowest BCUT2D eigenvalue weighted by atomic mass is 9.92. The highest BCUT2D eigenvalue weighted by molar-refractivity contribution is 9.10. The van der Waals surface area contributed by atoms with Crippen molar-refractivity contribution in [2.45, 2.75) is 25.1 Å². The Labute approximate surface area is 215 Å². The molecule has 178 valence electrons. The number of aliphatic hydroxyl groups excluding tert-OH is 1. The van der Waals surface area contributed by atoms with E-state index >= 15 is 4.39 Å². The predicted octanol–water partition coefficient (Wildman–Crippen LogP) is 5.15. The van der Waals surface area contributed by atoms with E-state index in [0.29, 0.717) is 26.3 Å². The van der Waals surface area contributed by atoms with Crippen molar-refractivity contribution in [3.8, 4) is 6.07 Å². The van der Waals surface area contributed by atoms with Crippen LogP contribution in [0, 0.1) is 22.6 Å². The molecule has 0 spiro atoms. The molecule has 0 bridgehead atoms. The van der Waals surface area contributed by atoms with Crippen molar-refractivity contribution in [1.29, 1.82) is 5.26 Å². The number of aromatic nitrogens is 1. The lowest BCUT2D eigenvalue weighted by molar-refractivity contribution is -0.130. The SMILES string of the molecule is N#Cc1ccc(CN2C(=O)c3cc(Br)cc(F)c3[C@]2(OCC2(CO)CC2)c2ccc(Cl)cc2)nc1. The number of ether oxygens (including phenoxy) is 1. The third-order valence-corrected chi connectivity index (χ3v) is 7.35. The molecule has 1 aliphatic carbocycles. The van der Waals surface area contributed by atoms with Crippen molar-refractivity contribution < 1.29 is 19.0 Å². The first-order valence-corrected chi connectivity index (χ1v) is 12.2. The number of amides is 1. The van der Waals surface area contributed by atoms with Crippen LogP contribution in [0.4, 0.5) is 4.39 Å². The van der Waals surface area contributed by atoms with Crippen LogP contribution in [-0.2, 0) is 17.0 Å². The number of rotatable bonds is 7. The highest BCUT2D eigenvalue weighted by atomic mass is 79.9. The highest BCUT2D eigenvalue weighted by Crippen LogP contribution is 2.52. The van der Waals surface area contributed by atoms with Crippen molar-refractivity contribution in [2.75, 3.05) is 13.2 Å². The number of hydrogen-bond acceptors (Lipinski definition) is 5. The summed E-state index contributed by atoms with van der Waals surface area (Å²) in [5.74, 6) is -1.02. The van der Waals surface area contributed by atoms with Crippen molar-refractivity contribution in [2.24, 2.45) is 5.41 Å². The number of pyridine rings is 1. The van der Waals surface area contributed by atoms with Gasteiger partial charge in [-0.25, -0.2) is 4.39 Å². The molecular formula is C26H20BrClFN3O3. The molecule has 9 heteroatoms. The molecule has 0 unspecified atom stereocenters. The maximum atomic E-state index is 15.7. The Bertz CT molecular complexity index is 1340. The maximum Gasteiger partial charge on any atom is 0.257 e. The van der Waals surface area contributed by atoms with Gasteiger partial charge in [0, 0.05) is 26.7 Å². The molecule has 6 nitrogen and oxygen atoms in total. The van der Waals surface area contributed by atoms with Crippen molar-refractivity contribution in [3.63, 3.8) is 0 Å². The van der Waals surface area contributed by atoms with E-state index in [1.807, 2.05) is 6.07 Å². The number of nitriles is 1. The minimum absolute atomic E-state index is 0.00499. The first-order valence-electron chi connectivity index (χ1n) is 11.0. The van der Waals surface area contributed by atoms with Crippen molar-refractivity contribution in [3.05, 3.63) is 98.0 Å². The van der Waals surface area contributed by atoms with E-state index in [0.717, 1.165) is 12.8 Å². The van der Waals surface area contributed by atoms with Crippen LogP contribution in [0.5, 0.6) is 0 Å². The zero-order valence-electron chi connectivity index (χ0n) is 18.5. The molecular weight excluding hydrogens is 537 g/mol. The maximum absolute atomic E-state index is 15.7. The number of nitrogens with zero attached hydrogens (tertiary/aromatic N) is 3. The lowest BCUT2D eigenvalue weighted by Crippen LogP contribution is -2.48. The molecule has 0 saturated heterocycles. The van der Waals surface area contributed by atoms with Gasteiger partial charge in [-0.1, -0.05) is 39.7 Å². The third-order valence-electron chi connectivity index (χ3n) is 6.64. The lowest BCUT2D eigenvalue weighted by Gasteiger charge is -2.40. The predicted molar refractivity (Wildman–Crippen MR) is 130 cm³/mol. The van der Waals surface area contributed by atoms with Crippen LogP contribution < -0.4 is 0 Å². The van der Waals surface area contributed by atoms with E-state index in [1.54, 1.807) is 42.5 Å². The molecule has 3 aromatic rings. The molecule has 0 radical (unpaired) electrons. The summed E-state index contributed by atoms with van der Waals surface area (Å²) in [4.78, 5) is 19.6. The zero-order chi connectivity index (χ0) is 24.8. The molecule has 1 saturated carbocycles. The first kappa shape index (κ1) is 23.9. The number of halogens is 3. The summed E-state index contributed by atoms with van der Waals surface area (Å²) in [6.45, 7) is 0.0706. The molecule has 2 aromatic carbocycles. The Morgan fingerprint density at radius 2 is 1.97 bits per heavy atom. The van der Waals surface area contributed by atoms with E-state index in [-0.39, 0.29) is 30.9 Å². The fourth-order valence-electron chi connectivity index (χ4n) is 4.43. The second kappa shape index (κ2) is 8.99. The average Bonchev–Trinajstić information content (AvgIpc) is 3.60. The molecule has 5 rings (SSSR count). The summed E-state index contributed by atoms with van der Waals surface area (Å²) < 4.78 is 22.7. The standard InChI is InChI=1S/C26H20BrClFN3O3/c27-18-9-21-23(22(29)10-18)26(17-2-4-19(28)5-3-17,35-15-25(14-33)7-8-25)32(24(21)34)13-20-6-1-16(11-30)12-31-20/h1-6,9-10,12,33H,7-8,13-15H2/t26-/m1/s1. The van der Waals surface area contributed by atoms with Gasteiger partial charge in [0.05, 0.1) is 42.1 Å². The number of carbonyl (C=O) groups is 1. The molecule has 1 aromatic heterocycles. The fourth-order valence-corrected chi connectivity index (χ4v) is 4.99. The van der Waals surface area contributed by atoms with Gasteiger partial charge in [-0.2, -0.15) is 5.26 Å². The van der Waals surface area contributed by atoms with Gasteiger partial charge in [0.25, 0.3) is 5.91 Å². The zero-order valence-corrected chi connectivity index (χ0v) is 20.8. The Morgan fingerprint density at radius 3 is 2.57 bits per heavy atom. The molecule has 1 amide bonds. The van der Waals surface area contributed by atoms with E-state index < -0.39 is 22.9 Å². The molecule has 2 aliphatic rings. The Morgan fingerprint density at radius 1 is 1.23 bits per heavy atom. The van der Waals surface area contributed by atoms with Crippen LogP contribution in [0.2, 0.25) is 5.02 Å². The smallest absolute Gasteiger partial charge is 0.257 e. The molecule has 1 N–H and O–H groups in total. The summed E-state index contributed by atoms with van der Waals surface area (Å²) in [5.41, 5.74) is -0.326. The second-order valence-electron chi connectivity index (χ2n) is 8.95. The van der Waals surface area contributed by atoms with Gasteiger partial charge in [0.15, 0.2) is 5.72 Å². The van der Waals surface area contributed by atoms with Crippen LogP contribution in [0.25, 0.3) is 0 Å². The number of benzene rings is 2. The van der Waals surface area contributed by atoms with E-state index in [1.165, 1.54) is 17.2 Å². The van der Waals surface area contributed by atoms with Crippen LogP contribution >= 0.6 is 27.5 Å². The van der Waals surface area contributed by atoms with Crippen LogP contribution in [0.3, 0.4) is 0 Å². The van der Waals surface area contributed by atoms with Crippen LogP contribution in [-0.4, -0.2) is 34.1 Å². The van der Waals surface area contributed by atoms with Gasteiger partial charge in [-0.15, -0.1) is 0 Å². The van der Waals surface area contributed by atoms with E-state index in [2.05, 4.69) is 20.9 Å². The third kappa shape index (κ3) is 4.13. The van der Waals surface area contributed by atoms with Crippen LogP contribution in [0.1, 0.15) is 45.6 Å². The quantitative estimate of drug-likeness (QED) is 0.435. The number of fused-ring (bicyclic) bond motifs is 1. The monoisotopic (exact) mass is 555 g/mol. The minimum Gasteiger partial charge on any atom is -0.396 e. The van der Waals surface area contributed by atoms with Gasteiger partial charge < -0.3 is 9.84 Å². The van der Waals surface area contributed by atoms with Gasteiger partial charge in [0.1, 0.15) is 11.9 Å². The van der Waals surface area contributed by atoms with E-state index in [4.69, 9.17) is 21.6 Å². The van der Waals surface area contributed by atoms with Gasteiger partial charge in [0.2, 0.25) is 0 Å². The highest BCUT2D eigenvalue weighted by Gasteiger charge is 2.56. The van der Waals surface area contributed by atoms with Crippen molar-refractivity contribution >= 4 is 33.4 Å². The fraction of sp³-hybridized carbons (Fsp3) is 0.269. The van der Waals surface area contributed by atoms with E-state index in [9.17, 15) is 9.90 Å². The number of hydrogen-bond donors (Lipinski definition) is 1. The number of carbonyl (C=O) groups excluding carboxylic acids is 1. The van der Waals surface area contributed by atoms with Gasteiger partial charge in [-0.05, 0) is 49.2 Å². The Balaban J connectivity index is 1.70. The summed E-state index contributed by atoms with van der Waals surface area (Å²) in [6, 6.07) is 14.9.